The van der Waals surface area contributed by atoms with Crippen LogP contribution in [0.2, 0.25) is 0 Å². The molecule has 6 nitrogen and oxygen atoms in total. The lowest BCUT2D eigenvalue weighted by atomic mass is 10.0. The van der Waals surface area contributed by atoms with Crippen molar-refractivity contribution in [3.63, 3.8) is 0 Å². The van der Waals surface area contributed by atoms with Crippen LogP contribution in [0, 0.1) is 5.82 Å². The molecule has 7 heteroatoms. The zero-order chi connectivity index (χ0) is 18.3. The van der Waals surface area contributed by atoms with Gasteiger partial charge in [-0.05, 0) is 43.9 Å². The van der Waals surface area contributed by atoms with Gasteiger partial charge in [0.1, 0.15) is 5.82 Å². The molecule has 2 aromatic rings. The van der Waals surface area contributed by atoms with Gasteiger partial charge >= 0.3 is 0 Å². The number of hydrogen-bond acceptors (Lipinski definition) is 5. The second-order valence-electron chi connectivity index (χ2n) is 7.13. The molecular weight excluding hydrogens is 335 g/mol. The summed E-state index contributed by atoms with van der Waals surface area (Å²) in [5.74, 6) is 2.04. The molecule has 1 aromatic heterocycles. The lowest BCUT2D eigenvalue weighted by molar-refractivity contribution is 0.117. The quantitative estimate of drug-likeness (QED) is 0.838. The van der Waals surface area contributed by atoms with E-state index in [0.29, 0.717) is 0 Å². The molecular formula is C19H25FN4O2. The van der Waals surface area contributed by atoms with Crippen LogP contribution in [0.1, 0.15) is 49.5 Å². The zero-order valence-corrected chi connectivity index (χ0v) is 15.5. The summed E-state index contributed by atoms with van der Waals surface area (Å²) in [5.41, 5.74) is 0.947. The van der Waals surface area contributed by atoms with Gasteiger partial charge in [0, 0.05) is 26.1 Å². The van der Waals surface area contributed by atoms with E-state index in [1.807, 2.05) is 13.1 Å². The summed E-state index contributed by atoms with van der Waals surface area (Å²) < 4.78 is 27.0. The van der Waals surface area contributed by atoms with Crippen molar-refractivity contribution in [2.75, 3.05) is 25.2 Å². The maximum absolute atomic E-state index is 14.2. The largest absolute Gasteiger partial charge is 0.494 e. The van der Waals surface area contributed by atoms with Crippen molar-refractivity contribution in [3.8, 4) is 5.75 Å². The maximum atomic E-state index is 14.2. The van der Waals surface area contributed by atoms with Crippen molar-refractivity contribution in [2.45, 2.75) is 44.2 Å². The summed E-state index contributed by atoms with van der Waals surface area (Å²) >= 11 is 0. The van der Waals surface area contributed by atoms with Crippen molar-refractivity contribution < 1.29 is 13.9 Å². The Kier molecular flexibility index (Phi) is 4.56. The molecule has 3 atom stereocenters. The molecule has 2 fully saturated rings. The third kappa shape index (κ3) is 2.84. The normalized spacial score (nSPS) is 25.8. The first-order valence-corrected chi connectivity index (χ1v) is 9.21. The summed E-state index contributed by atoms with van der Waals surface area (Å²) in [4.78, 5) is 2.23. The molecule has 2 aliphatic rings. The highest BCUT2D eigenvalue weighted by Crippen LogP contribution is 2.38. The molecule has 4 rings (SSSR count). The third-order valence-electron chi connectivity index (χ3n) is 5.66. The Morgan fingerprint density at radius 2 is 2.12 bits per heavy atom. The molecule has 0 saturated carbocycles. The van der Waals surface area contributed by atoms with E-state index in [0.717, 1.165) is 49.8 Å². The number of benzene rings is 1. The van der Waals surface area contributed by atoms with Gasteiger partial charge in [-0.25, -0.2) is 4.39 Å². The van der Waals surface area contributed by atoms with E-state index < -0.39 is 0 Å². The Hall–Kier alpha value is -2.15. The van der Waals surface area contributed by atoms with Crippen LogP contribution in [0.15, 0.2) is 18.2 Å². The molecule has 2 aliphatic heterocycles. The molecule has 140 valence electrons. The molecule has 0 radical (unpaired) electrons. The van der Waals surface area contributed by atoms with Gasteiger partial charge < -0.3 is 18.9 Å². The van der Waals surface area contributed by atoms with E-state index in [-0.39, 0.29) is 29.6 Å². The van der Waals surface area contributed by atoms with E-state index >= 15 is 0 Å². The van der Waals surface area contributed by atoms with Crippen LogP contribution < -0.4 is 9.64 Å². The van der Waals surface area contributed by atoms with Crippen molar-refractivity contribution >= 4 is 5.95 Å². The molecule has 26 heavy (non-hydrogen) atoms. The van der Waals surface area contributed by atoms with E-state index in [4.69, 9.17) is 9.47 Å². The molecule has 3 heterocycles. The summed E-state index contributed by atoms with van der Waals surface area (Å²) in [6, 6.07) is 5.31. The molecule has 0 spiro atoms. The van der Waals surface area contributed by atoms with E-state index in [1.54, 1.807) is 12.1 Å². The average Bonchev–Trinajstić information content (AvgIpc) is 3.34. The van der Waals surface area contributed by atoms with Crippen LogP contribution in [-0.4, -0.2) is 41.1 Å². The fourth-order valence-corrected chi connectivity index (χ4v) is 4.22. The SMILES string of the molecule is COc1ccc(C2CCCN2c2nnc(C3CCOC3C)n2C)cc1F. The minimum atomic E-state index is -0.326. The van der Waals surface area contributed by atoms with Crippen molar-refractivity contribution in [1.29, 1.82) is 0 Å². The highest BCUT2D eigenvalue weighted by Gasteiger charge is 2.34. The monoisotopic (exact) mass is 360 g/mol. The fourth-order valence-electron chi connectivity index (χ4n) is 4.22. The highest BCUT2D eigenvalue weighted by atomic mass is 19.1. The number of halogens is 1. The number of methoxy groups -OCH3 is 1. The summed E-state index contributed by atoms with van der Waals surface area (Å²) in [5, 5.41) is 8.94. The first-order chi connectivity index (χ1) is 12.6. The first kappa shape index (κ1) is 17.3. The van der Waals surface area contributed by atoms with Crippen LogP contribution in [0.5, 0.6) is 5.75 Å². The Bertz CT molecular complexity index is 794. The topological polar surface area (TPSA) is 52.4 Å². The van der Waals surface area contributed by atoms with E-state index in [1.165, 1.54) is 7.11 Å². The van der Waals surface area contributed by atoms with Gasteiger partial charge in [-0.3, -0.25) is 0 Å². The Balaban J connectivity index is 1.63. The molecule has 1 aromatic carbocycles. The van der Waals surface area contributed by atoms with Crippen molar-refractivity contribution in [3.05, 3.63) is 35.4 Å². The van der Waals surface area contributed by atoms with Crippen LogP contribution in [-0.2, 0) is 11.8 Å². The molecule has 3 unspecified atom stereocenters. The smallest absolute Gasteiger partial charge is 0.227 e. The lowest BCUT2D eigenvalue weighted by Gasteiger charge is -2.26. The number of hydrogen-bond donors (Lipinski definition) is 0. The van der Waals surface area contributed by atoms with E-state index in [9.17, 15) is 4.39 Å². The number of rotatable bonds is 4. The zero-order valence-electron chi connectivity index (χ0n) is 15.5. The molecule has 0 bridgehead atoms. The van der Waals surface area contributed by atoms with Crippen LogP contribution >= 0.6 is 0 Å². The Morgan fingerprint density at radius 1 is 1.27 bits per heavy atom. The van der Waals surface area contributed by atoms with Crippen molar-refractivity contribution in [1.82, 2.24) is 14.8 Å². The fraction of sp³-hybridized carbons (Fsp3) is 0.579. The maximum Gasteiger partial charge on any atom is 0.227 e. The second kappa shape index (κ2) is 6.87. The molecule has 2 saturated heterocycles. The van der Waals surface area contributed by atoms with Crippen LogP contribution in [0.3, 0.4) is 0 Å². The number of ether oxygens (including phenoxy) is 2. The average molecular weight is 360 g/mol. The van der Waals surface area contributed by atoms with Crippen LogP contribution in [0.25, 0.3) is 0 Å². The number of anilines is 1. The molecule has 0 amide bonds. The molecule has 0 N–H and O–H groups in total. The van der Waals surface area contributed by atoms with Gasteiger partial charge in [-0.15, -0.1) is 10.2 Å². The summed E-state index contributed by atoms with van der Waals surface area (Å²) in [7, 11) is 3.49. The third-order valence-corrected chi connectivity index (χ3v) is 5.66. The Morgan fingerprint density at radius 3 is 2.81 bits per heavy atom. The van der Waals surface area contributed by atoms with Gasteiger partial charge in [0.25, 0.3) is 0 Å². The van der Waals surface area contributed by atoms with Gasteiger partial charge in [-0.1, -0.05) is 6.07 Å². The summed E-state index contributed by atoms with van der Waals surface area (Å²) in [6.07, 6.45) is 3.15. The first-order valence-electron chi connectivity index (χ1n) is 9.21. The summed E-state index contributed by atoms with van der Waals surface area (Å²) in [6.45, 7) is 3.75. The van der Waals surface area contributed by atoms with Gasteiger partial charge in [0.05, 0.1) is 19.3 Å². The van der Waals surface area contributed by atoms with Gasteiger partial charge in [0.2, 0.25) is 5.95 Å². The standard InChI is InChI=1S/C19H25FN4O2/c1-12-14(8-10-26-12)18-21-22-19(23(18)2)24-9-4-5-16(24)13-6-7-17(25-3)15(20)11-13/h6-7,11-12,14,16H,4-5,8-10H2,1-3H3. The minimum absolute atomic E-state index is 0.100. The number of aromatic nitrogens is 3. The lowest BCUT2D eigenvalue weighted by Crippen LogP contribution is -2.26. The van der Waals surface area contributed by atoms with E-state index in [2.05, 4.69) is 26.6 Å². The molecule has 0 aliphatic carbocycles. The van der Waals surface area contributed by atoms with Crippen LogP contribution in [0.4, 0.5) is 10.3 Å². The van der Waals surface area contributed by atoms with Gasteiger partial charge in [-0.2, -0.15) is 0 Å². The van der Waals surface area contributed by atoms with Gasteiger partial charge in [0.15, 0.2) is 11.6 Å². The predicted molar refractivity (Wildman–Crippen MR) is 96.0 cm³/mol. The van der Waals surface area contributed by atoms with Crippen molar-refractivity contribution in [2.24, 2.45) is 7.05 Å². The predicted octanol–water partition coefficient (Wildman–Crippen LogP) is 3.20. The minimum Gasteiger partial charge on any atom is -0.494 e. The highest BCUT2D eigenvalue weighted by molar-refractivity contribution is 5.41. The number of nitrogens with zero attached hydrogens (tertiary/aromatic N) is 4. The second-order valence-corrected chi connectivity index (χ2v) is 7.13. The Labute approximate surface area is 152 Å².